The number of ether oxygens (including phenoxy) is 1. The number of amides is 1. The summed E-state index contributed by atoms with van der Waals surface area (Å²) in [6, 6.07) is 16.2. The monoisotopic (exact) mass is 311 g/mol. The first-order chi connectivity index (χ1) is 11.2. The molecule has 0 bridgehead atoms. The first-order valence-corrected chi connectivity index (χ1v) is 7.58. The van der Waals surface area contributed by atoms with E-state index in [2.05, 4.69) is 0 Å². The summed E-state index contributed by atoms with van der Waals surface area (Å²) in [5, 5.41) is 0. The van der Waals surface area contributed by atoms with Gasteiger partial charge in [-0.15, -0.1) is 0 Å². The van der Waals surface area contributed by atoms with Gasteiger partial charge in [0.1, 0.15) is 12.5 Å². The average molecular weight is 311 g/mol. The molecule has 3 rings (SSSR count). The van der Waals surface area contributed by atoms with Crippen molar-refractivity contribution in [2.75, 3.05) is 13.3 Å². The number of carbonyl (C=O) groups excluding carboxylic acids is 1. The second kappa shape index (κ2) is 7.20. The molecule has 4 heteroatoms. The predicted octanol–water partition coefficient (Wildman–Crippen LogP) is 3.27. The molecule has 0 spiro atoms. The highest BCUT2D eigenvalue weighted by atomic mass is 19.1. The van der Waals surface area contributed by atoms with Crippen molar-refractivity contribution >= 4 is 12.0 Å². The number of hydrogen-bond donors (Lipinski definition) is 0. The minimum atomic E-state index is -0.314. The van der Waals surface area contributed by atoms with Crippen molar-refractivity contribution in [2.24, 2.45) is 0 Å². The van der Waals surface area contributed by atoms with E-state index in [9.17, 15) is 9.18 Å². The smallest absolute Gasteiger partial charge is 0.248 e. The number of benzene rings is 2. The Morgan fingerprint density at radius 2 is 2.04 bits per heavy atom. The van der Waals surface area contributed by atoms with Crippen LogP contribution in [0.3, 0.4) is 0 Å². The standard InChI is InChI=1S/C19H18FNO2/c20-17-8-4-7-16(11-17)9-10-19(22)21-14-23-13-18(21)12-15-5-2-1-3-6-15/h1-11,18H,12-14H2. The third-order valence-corrected chi connectivity index (χ3v) is 3.85. The van der Waals surface area contributed by atoms with Crippen LogP contribution >= 0.6 is 0 Å². The normalized spacial score (nSPS) is 17.8. The van der Waals surface area contributed by atoms with Gasteiger partial charge in [0.2, 0.25) is 5.91 Å². The summed E-state index contributed by atoms with van der Waals surface area (Å²) in [7, 11) is 0. The number of nitrogens with zero attached hydrogens (tertiary/aromatic N) is 1. The molecule has 1 fully saturated rings. The zero-order valence-electron chi connectivity index (χ0n) is 12.7. The molecule has 118 valence electrons. The number of carbonyl (C=O) groups is 1. The highest BCUT2D eigenvalue weighted by Crippen LogP contribution is 2.16. The third-order valence-electron chi connectivity index (χ3n) is 3.85. The molecule has 2 aromatic rings. The first kappa shape index (κ1) is 15.4. The number of hydrogen-bond acceptors (Lipinski definition) is 2. The molecule has 1 heterocycles. The molecule has 0 radical (unpaired) electrons. The molecule has 1 aliphatic rings. The van der Waals surface area contributed by atoms with Crippen LogP contribution in [0, 0.1) is 5.82 Å². The SMILES string of the molecule is O=C(C=Cc1cccc(F)c1)N1COCC1Cc1ccccc1. The fourth-order valence-electron chi connectivity index (χ4n) is 2.65. The van der Waals surface area contributed by atoms with Crippen molar-refractivity contribution < 1.29 is 13.9 Å². The Morgan fingerprint density at radius 1 is 1.22 bits per heavy atom. The quantitative estimate of drug-likeness (QED) is 0.811. The van der Waals surface area contributed by atoms with Gasteiger partial charge in [-0.1, -0.05) is 42.5 Å². The lowest BCUT2D eigenvalue weighted by Gasteiger charge is -2.21. The summed E-state index contributed by atoms with van der Waals surface area (Å²) in [5.74, 6) is -0.432. The Morgan fingerprint density at radius 3 is 2.83 bits per heavy atom. The average Bonchev–Trinajstić information content (AvgIpc) is 3.02. The zero-order valence-corrected chi connectivity index (χ0v) is 12.7. The molecule has 1 aliphatic heterocycles. The van der Waals surface area contributed by atoms with Crippen LogP contribution in [-0.2, 0) is 16.0 Å². The summed E-state index contributed by atoms with van der Waals surface area (Å²) >= 11 is 0. The van der Waals surface area contributed by atoms with Crippen LogP contribution in [0.2, 0.25) is 0 Å². The lowest BCUT2D eigenvalue weighted by atomic mass is 10.1. The molecule has 0 saturated carbocycles. The Balaban J connectivity index is 1.66. The van der Waals surface area contributed by atoms with Crippen molar-refractivity contribution in [1.29, 1.82) is 0 Å². The molecule has 1 unspecified atom stereocenters. The Bertz CT molecular complexity index is 700. The molecule has 0 aromatic heterocycles. The van der Waals surface area contributed by atoms with Gasteiger partial charge >= 0.3 is 0 Å². The van der Waals surface area contributed by atoms with Crippen molar-refractivity contribution in [3.63, 3.8) is 0 Å². The van der Waals surface area contributed by atoms with E-state index in [4.69, 9.17) is 4.74 Å². The predicted molar refractivity (Wildman–Crippen MR) is 87.0 cm³/mol. The summed E-state index contributed by atoms with van der Waals surface area (Å²) in [6.07, 6.45) is 3.87. The molecule has 1 saturated heterocycles. The van der Waals surface area contributed by atoms with Crippen LogP contribution in [-0.4, -0.2) is 30.2 Å². The zero-order chi connectivity index (χ0) is 16.1. The summed E-state index contributed by atoms with van der Waals surface area (Å²) in [5.41, 5.74) is 1.84. The van der Waals surface area contributed by atoms with Gasteiger partial charge in [0.25, 0.3) is 0 Å². The Labute approximate surface area is 135 Å². The number of halogens is 1. The fraction of sp³-hybridized carbons (Fsp3) is 0.211. The van der Waals surface area contributed by atoms with E-state index in [1.54, 1.807) is 23.1 Å². The highest BCUT2D eigenvalue weighted by Gasteiger charge is 2.28. The summed E-state index contributed by atoms with van der Waals surface area (Å²) in [4.78, 5) is 14.1. The lowest BCUT2D eigenvalue weighted by molar-refractivity contribution is -0.127. The van der Waals surface area contributed by atoms with Crippen LogP contribution in [0.4, 0.5) is 4.39 Å². The molecule has 1 amide bonds. The molecule has 0 aliphatic carbocycles. The van der Waals surface area contributed by atoms with E-state index in [1.807, 2.05) is 30.3 Å². The van der Waals surface area contributed by atoms with Crippen LogP contribution in [0.1, 0.15) is 11.1 Å². The van der Waals surface area contributed by atoms with Crippen LogP contribution in [0.25, 0.3) is 6.08 Å². The molecule has 2 aromatic carbocycles. The van der Waals surface area contributed by atoms with Crippen molar-refractivity contribution in [3.8, 4) is 0 Å². The molecule has 1 atom stereocenters. The second-order valence-corrected chi connectivity index (χ2v) is 5.54. The van der Waals surface area contributed by atoms with Gasteiger partial charge in [0, 0.05) is 6.08 Å². The maximum atomic E-state index is 13.1. The van der Waals surface area contributed by atoms with Crippen LogP contribution < -0.4 is 0 Å². The molecule has 23 heavy (non-hydrogen) atoms. The minimum Gasteiger partial charge on any atom is -0.359 e. The topological polar surface area (TPSA) is 29.5 Å². The Kier molecular flexibility index (Phi) is 4.83. The molecular formula is C19H18FNO2. The summed E-state index contributed by atoms with van der Waals surface area (Å²) in [6.45, 7) is 0.832. The van der Waals surface area contributed by atoms with E-state index in [0.29, 0.717) is 18.9 Å². The fourth-order valence-corrected chi connectivity index (χ4v) is 2.65. The third kappa shape index (κ3) is 4.05. The maximum Gasteiger partial charge on any atom is 0.248 e. The van der Waals surface area contributed by atoms with Gasteiger partial charge in [-0.25, -0.2) is 4.39 Å². The van der Waals surface area contributed by atoms with E-state index in [0.717, 1.165) is 6.42 Å². The maximum absolute atomic E-state index is 13.1. The van der Waals surface area contributed by atoms with E-state index >= 15 is 0 Å². The van der Waals surface area contributed by atoms with Crippen molar-refractivity contribution in [1.82, 2.24) is 4.90 Å². The lowest BCUT2D eigenvalue weighted by Crippen LogP contribution is -2.36. The van der Waals surface area contributed by atoms with Gasteiger partial charge in [-0.2, -0.15) is 0 Å². The van der Waals surface area contributed by atoms with Crippen molar-refractivity contribution in [2.45, 2.75) is 12.5 Å². The molecule has 0 N–H and O–H groups in total. The number of rotatable bonds is 4. The molecular weight excluding hydrogens is 293 g/mol. The molecule has 3 nitrogen and oxygen atoms in total. The van der Waals surface area contributed by atoms with Gasteiger partial charge in [-0.05, 0) is 35.8 Å². The van der Waals surface area contributed by atoms with Gasteiger partial charge < -0.3 is 9.64 Å². The van der Waals surface area contributed by atoms with Crippen LogP contribution in [0.5, 0.6) is 0 Å². The van der Waals surface area contributed by atoms with Gasteiger partial charge in [0.15, 0.2) is 0 Å². The van der Waals surface area contributed by atoms with E-state index in [1.165, 1.54) is 23.8 Å². The summed E-state index contributed by atoms with van der Waals surface area (Å²) < 4.78 is 18.6. The van der Waals surface area contributed by atoms with E-state index < -0.39 is 0 Å². The Hall–Kier alpha value is -2.46. The van der Waals surface area contributed by atoms with Gasteiger partial charge in [0.05, 0.1) is 12.6 Å². The van der Waals surface area contributed by atoms with E-state index in [-0.39, 0.29) is 17.8 Å². The van der Waals surface area contributed by atoms with Gasteiger partial charge in [-0.3, -0.25) is 4.79 Å². The second-order valence-electron chi connectivity index (χ2n) is 5.54. The van der Waals surface area contributed by atoms with Crippen LogP contribution in [0.15, 0.2) is 60.7 Å². The minimum absolute atomic E-state index is 0.0297. The first-order valence-electron chi connectivity index (χ1n) is 7.58. The largest absolute Gasteiger partial charge is 0.359 e. The highest BCUT2D eigenvalue weighted by molar-refractivity contribution is 5.92. The van der Waals surface area contributed by atoms with Crippen molar-refractivity contribution in [3.05, 3.63) is 77.6 Å².